The number of hydrogen-bond acceptors (Lipinski definition) is 18. The minimum absolute atomic E-state index is 0.00363. The van der Waals surface area contributed by atoms with Gasteiger partial charge in [-0.05, 0) is 25.3 Å². The first-order valence-corrected chi connectivity index (χ1v) is 15.0. The highest BCUT2D eigenvalue weighted by Gasteiger charge is 2.58. The molecule has 3 unspecified atom stereocenters. The van der Waals surface area contributed by atoms with Crippen molar-refractivity contribution in [3.63, 3.8) is 0 Å². The second kappa shape index (κ2) is 14.8. The van der Waals surface area contributed by atoms with Gasteiger partial charge in [0.05, 0.1) is 24.8 Å². The summed E-state index contributed by atoms with van der Waals surface area (Å²) in [5.41, 5.74) is 22.5. The largest absolute Gasteiger partial charge is 0.396 e. The van der Waals surface area contributed by atoms with Gasteiger partial charge in [-0.25, -0.2) is 0 Å². The van der Waals surface area contributed by atoms with Crippen LogP contribution in [-0.2, 0) is 23.7 Å². The van der Waals surface area contributed by atoms with E-state index in [1.165, 1.54) is 0 Å². The smallest absolute Gasteiger partial charge is 0.186 e. The molecule has 0 aromatic heterocycles. The number of ether oxygens (including phenoxy) is 4. The monoisotopic (exact) mass is 639 g/mol. The summed E-state index contributed by atoms with van der Waals surface area (Å²) in [7, 11) is 0. The van der Waals surface area contributed by atoms with E-state index in [1.54, 1.807) is 0 Å². The molecular formula is C26H49N5O13. The summed E-state index contributed by atoms with van der Waals surface area (Å²) in [5, 5.41) is 85.7. The molecule has 0 radical (unpaired) electrons. The lowest BCUT2D eigenvalue weighted by Crippen LogP contribution is -2.68. The van der Waals surface area contributed by atoms with E-state index in [0.717, 1.165) is 0 Å². The van der Waals surface area contributed by atoms with Gasteiger partial charge >= 0.3 is 0 Å². The average Bonchev–Trinajstić information content (AvgIpc) is 3.62. The van der Waals surface area contributed by atoms with E-state index in [0.29, 0.717) is 13.0 Å². The lowest BCUT2D eigenvalue weighted by molar-refractivity contribution is -0.323. The molecule has 256 valence electrons. The molecule has 0 spiro atoms. The molecule has 2 saturated carbocycles. The Balaban J connectivity index is 1.53. The van der Waals surface area contributed by atoms with Crippen molar-refractivity contribution in [2.24, 2.45) is 28.9 Å². The van der Waals surface area contributed by atoms with E-state index >= 15 is 0 Å². The minimum Gasteiger partial charge on any atom is -0.396 e. The third-order valence-corrected chi connectivity index (χ3v) is 9.17. The summed E-state index contributed by atoms with van der Waals surface area (Å²) in [6.07, 6.45) is -15.0. The molecule has 0 aromatic carbocycles. The van der Waals surface area contributed by atoms with Gasteiger partial charge < -0.3 is 88.1 Å². The van der Waals surface area contributed by atoms with Crippen molar-refractivity contribution in [1.29, 1.82) is 0 Å². The predicted octanol–water partition coefficient (Wildman–Crippen LogP) is -7.60. The van der Waals surface area contributed by atoms with Crippen molar-refractivity contribution >= 4 is 5.78 Å². The van der Waals surface area contributed by atoms with E-state index in [4.69, 9.17) is 47.0 Å². The molecule has 2 aliphatic carbocycles. The number of hydrogen-bond donors (Lipinski definition) is 13. The predicted molar refractivity (Wildman–Crippen MR) is 148 cm³/mol. The van der Waals surface area contributed by atoms with Gasteiger partial charge in [0.25, 0.3) is 0 Å². The highest BCUT2D eigenvalue weighted by molar-refractivity contribution is 5.91. The van der Waals surface area contributed by atoms with Gasteiger partial charge in [-0.15, -0.1) is 0 Å². The van der Waals surface area contributed by atoms with E-state index in [2.05, 4.69) is 5.32 Å². The van der Waals surface area contributed by atoms with Crippen LogP contribution in [0.1, 0.15) is 25.7 Å². The fraction of sp³-hybridized carbons (Fsp3) is 0.962. The molecule has 2 aliphatic heterocycles. The Kier molecular flexibility index (Phi) is 12.1. The zero-order valence-electron chi connectivity index (χ0n) is 24.3. The first kappa shape index (κ1) is 35.8. The van der Waals surface area contributed by atoms with E-state index in [-0.39, 0.29) is 32.4 Å². The number of nitrogens with two attached hydrogens (primary N) is 4. The van der Waals surface area contributed by atoms with Gasteiger partial charge in [0.2, 0.25) is 0 Å². The molecule has 18 heteroatoms. The molecule has 2 saturated heterocycles. The summed E-state index contributed by atoms with van der Waals surface area (Å²) < 4.78 is 23.4. The van der Waals surface area contributed by atoms with Gasteiger partial charge in [0.15, 0.2) is 18.4 Å². The standard InChI is InChI=1S/C26H49N5O13/c27-10-4-9(5-14(34)26(40)6-13(26)28)22(43-25-20(38)15(29)17(35)12(8-33)42-25)21(39)23(10)44-24-16(30)19(37)18(36)11(41-24)7-31-2-1-3-32/h9-13,15-25,31-33,35-40H,1-8,27-30H2/t9-,10-,11+,12+,13?,15-,16+,17+,18+,19+,20+,21+,22-,23?,24+,25+,26?/m0/s1. The average molecular weight is 640 g/mol. The van der Waals surface area contributed by atoms with Crippen molar-refractivity contribution in [3.8, 4) is 0 Å². The Morgan fingerprint density at radius 3 is 2.09 bits per heavy atom. The molecule has 4 fully saturated rings. The molecular weight excluding hydrogens is 590 g/mol. The number of aliphatic hydroxyl groups is 8. The maximum absolute atomic E-state index is 13.0. The number of ketones is 1. The van der Waals surface area contributed by atoms with Gasteiger partial charge in [0, 0.05) is 38.1 Å². The molecule has 0 amide bonds. The van der Waals surface area contributed by atoms with Crippen molar-refractivity contribution < 1.29 is 64.6 Å². The summed E-state index contributed by atoms with van der Waals surface area (Å²) in [6, 6.07) is -4.22. The van der Waals surface area contributed by atoms with Crippen LogP contribution in [0.25, 0.3) is 0 Å². The molecule has 0 bridgehead atoms. The molecule has 4 aliphatic rings. The Bertz CT molecular complexity index is 956. The van der Waals surface area contributed by atoms with E-state index < -0.39 is 116 Å². The second-order valence-corrected chi connectivity index (χ2v) is 12.4. The normalized spacial score (nSPS) is 49.5. The summed E-state index contributed by atoms with van der Waals surface area (Å²) in [6.45, 7) is -0.204. The number of carbonyl (C=O) groups excluding carboxylic acids is 1. The van der Waals surface area contributed by atoms with Gasteiger partial charge in [-0.2, -0.15) is 0 Å². The first-order valence-electron chi connectivity index (χ1n) is 15.0. The van der Waals surface area contributed by atoms with E-state index in [9.17, 15) is 40.5 Å². The highest BCUT2D eigenvalue weighted by atomic mass is 16.7. The lowest BCUT2D eigenvalue weighted by atomic mass is 9.76. The van der Waals surface area contributed by atoms with Crippen LogP contribution in [0.15, 0.2) is 0 Å². The first-order chi connectivity index (χ1) is 20.7. The lowest BCUT2D eigenvalue weighted by Gasteiger charge is -2.49. The SMILES string of the molecule is NC1CC1(O)C(=O)C[C@@H]1C[C@H](N)C(O[C@H]2O[C@H](CNCCCO)[C@@H](O)[C@H](O)[C@H]2N)[C@H](O)[C@H]1O[C@H]1O[C@H](CO)[C@@H](O)[C@H](N)[C@H]1O. The quantitative estimate of drug-likeness (QED) is 0.0832. The number of carbonyl (C=O) groups is 1. The van der Waals surface area contributed by atoms with Crippen LogP contribution < -0.4 is 28.3 Å². The van der Waals surface area contributed by atoms with Crippen LogP contribution in [-0.4, -0.2) is 170 Å². The van der Waals surface area contributed by atoms with Gasteiger partial charge in [0.1, 0.15) is 54.4 Å². The molecule has 17 N–H and O–H groups in total. The van der Waals surface area contributed by atoms with E-state index in [1.807, 2.05) is 0 Å². The van der Waals surface area contributed by atoms with Crippen LogP contribution in [0.4, 0.5) is 0 Å². The molecule has 2 heterocycles. The maximum atomic E-state index is 13.0. The van der Waals surface area contributed by atoms with Crippen LogP contribution in [0.5, 0.6) is 0 Å². The topological polar surface area (TPSA) is 332 Å². The third-order valence-electron chi connectivity index (χ3n) is 9.17. The fourth-order valence-corrected chi connectivity index (χ4v) is 6.15. The zero-order chi connectivity index (χ0) is 32.5. The molecule has 18 nitrogen and oxygen atoms in total. The Labute approximate surface area is 254 Å². The number of aliphatic hydroxyl groups excluding tert-OH is 7. The minimum atomic E-state index is -1.72. The summed E-state index contributed by atoms with van der Waals surface area (Å²) in [4.78, 5) is 13.0. The van der Waals surface area contributed by atoms with Crippen molar-refractivity contribution in [3.05, 3.63) is 0 Å². The Hall–Kier alpha value is -1.01. The van der Waals surface area contributed by atoms with Crippen molar-refractivity contribution in [2.45, 2.75) is 123 Å². The van der Waals surface area contributed by atoms with Gasteiger partial charge in [-0.1, -0.05) is 0 Å². The summed E-state index contributed by atoms with van der Waals surface area (Å²) >= 11 is 0. The van der Waals surface area contributed by atoms with Crippen LogP contribution in [0.3, 0.4) is 0 Å². The Morgan fingerprint density at radius 2 is 1.48 bits per heavy atom. The molecule has 17 atom stereocenters. The number of rotatable bonds is 13. The number of Topliss-reactive ketones (excluding diaryl/α,β-unsaturated/α-hetero) is 1. The molecule has 0 aromatic rings. The highest BCUT2D eigenvalue weighted by Crippen LogP contribution is 2.41. The van der Waals surface area contributed by atoms with Crippen molar-refractivity contribution in [1.82, 2.24) is 5.32 Å². The molecule has 4 rings (SSSR count). The van der Waals surface area contributed by atoms with Gasteiger partial charge in [-0.3, -0.25) is 4.79 Å². The third kappa shape index (κ3) is 7.42. The maximum Gasteiger partial charge on any atom is 0.186 e. The second-order valence-electron chi connectivity index (χ2n) is 12.4. The van der Waals surface area contributed by atoms with Crippen LogP contribution in [0, 0.1) is 5.92 Å². The summed E-state index contributed by atoms with van der Waals surface area (Å²) in [5.74, 6) is -1.42. The molecule has 44 heavy (non-hydrogen) atoms. The van der Waals surface area contributed by atoms with Crippen LogP contribution >= 0.6 is 0 Å². The fourth-order valence-electron chi connectivity index (χ4n) is 6.15. The zero-order valence-corrected chi connectivity index (χ0v) is 24.3. The van der Waals surface area contributed by atoms with Crippen LogP contribution in [0.2, 0.25) is 0 Å². The van der Waals surface area contributed by atoms with Crippen molar-refractivity contribution in [2.75, 3.05) is 26.3 Å². The Morgan fingerprint density at radius 1 is 0.841 bits per heavy atom. The number of nitrogens with one attached hydrogen (secondary N) is 1.